The smallest absolute Gasteiger partial charge is 0.311 e. The molecule has 0 radical (unpaired) electrons. The average molecular weight is 267 g/mol. The van der Waals surface area contributed by atoms with Crippen LogP contribution >= 0.6 is 11.3 Å². The first-order valence-corrected chi connectivity index (χ1v) is 6.64. The van der Waals surface area contributed by atoms with E-state index in [0.29, 0.717) is 12.2 Å². The van der Waals surface area contributed by atoms with Gasteiger partial charge >= 0.3 is 5.97 Å². The number of esters is 1. The molecule has 6 heteroatoms. The molecule has 0 amide bonds. The number of rotatable bonds is 6. The number of carbonyl (C=O) groups is 1. The number of nitrogens with zero attached hydrogens (tertiary/aromatic N) is 3. The lowest BCUT2D eigenvalue weighted by Crippen LogP contribution is -2.27. The average Bonchev–Trinajstić information content (AvgIpc) is 2.83. The van der Waals surface area contributed by atoms with Crippen molar-refractivity contribution in [3.8, 4) is 6.07 Å². The second-order valence-electron chi connectivity index (χ2n) is 3.94. The van der Waals surface area contributed by atoms with E-state index in [-0.39, 0.29) is 18.3 Å². The number of carbonyl (C=O) groups excluding carboxylic acids is 1. The van der Waals surface area contributed by atoms with Gasteiger partial charge in [0, 0.05) is 18.5 Å². The standard InChI is InChI=1S/C12H17N3O2S/c1-4-15(7-9(2)6-13)12-14-10(8-18-12)5-11(16)17-3/h8-9H,4-5,7H2,1-3H3. The van der Waals surface area contributed by atoms with E-state index in [9.17, 15) is 4.79 Å². The summed E-state index contributed by atoms with van der Waals surface area (Å²) in [4.78, 5) is 17.6. The molecular formula is C12H17N3O2S. The largest absolute Gasteiger partial charge is 0.469 e. The van der Waals surface area contributed by atoms with Gasteiger partial charge in [0.1, 0.15) is 0 Å². The van der Waals surface area contributed by atoms with Gasteiger partial charge in [-0.2, -0.15) is 5.26 Å². The number of ether oxygens (including phenoxy) is 1. The van der Waals surface area contributed by atoms with Crippen molar-refractivity contribution in [3.05, 3.63) is 11.1 Å². The van der Waals surface area contributed by atoms with E-state index >= 15 is 0 Å². The molecule has 1 unspecified atom stereocenters. The van der Waals surface area contributed by atoms with Crippen LogP contribution in [0.4, 0.5) is 5.13 Å². The lowest BCUT2D eigenvalue weighted by atomic mass is 10.2. The zero-order valence-corrected chi connectivity index (χ0v) is 11.7. The van der Waals surface area contributed by atoms with Crippen LogP contribution in [-0.4, -0.2) is 31.2 Å². The highest BCUT2D eigenvalue weighted by atomic mass is 32.1. The van der Waals surface area contributed by atoms with Crippen LogP contribution in [0, 0.1) is 17.2 Å². The van der Waals surface area contributed by atoms with Gasteiger partial charge in [0.2, 0.25) is 0 Å². The Morgan fingerprint density at radius 3 is 3.00 bits per heavy atom. The molecule has 0 spiro atoms. The molecule has 0 aromatic carbocycles. The normalized spacial score (nSPS) is 11.7. The van der Waals surface area contributed by atoms with Crippen LogP contribution in [0.25, 0.3) is 0 Å². The van der Waals surface area contributed by atoms with Crippen molar-refractivity contribution in [3.63, 3.8) is 0 Å². The molecule has 5 nitrogen and oxygen atoms in total. The van der Waals surface area contributed by atoms with Crippen molar-refractivity contribution in [1.82, 2.24) is 4.98 Å². The minimum absolute atomic E-state index is 0.0436. The zero-order chi connectivity index (χ0) is 13.5. The first-order chi connectivity index (χ1) is 8.60. The molecular weight excluding hydrogens is 250 g/mol. The molecule has 98 valence electrons. The minimum Gasteiger partial charge on any atom is -0.469 e. The van der Waals surface area contributed by atoms with E-state index in [1.807, 2.05) is 24.1 Å². The van der Waals surface area contributed by atoms with E-state index in [4.69, 9.17) is 5.26 Å². The molecule has 0 N–H and O–H groups in total. The lowest BCUT2D eigenvalue weighted by molar-refractivity contribution is -0.139. The van der Waals surface area contributed by atoms with Crippen molar-refractivity contribution >= 4 is 22.4 Å². The summed E-state index contributed by atoms with van der Waals surface area (Å²) in [5, 5.41) is 11.5. The van der Waals surface area contributed by atoms with Gasteiger partial charge in [-0.3, -0.25) is 4.79 Å². The van der Waals surface area contributed by atoms with Gasteiger partial charge in [0.15, 0.2) is 5.13 Å². The maximum atomic E-state index is 11.1. The van der Waals surface area contributed by atoms with Gasteiger partial charge in [-0.25, -0.2) is 4.98 Å². The van der Waals surface area contributed by atoms with Gasteiger partial charge in [-0.1, -0.05) is 0 Å². The predicted octanol–water partition coefficient (Wildman–Crippen LogP) is 1.84. The molecule has 1 rings (SSSR count). The Bertz CT molecular complexity index is 439. The first kappa shape index (κ1) is 14.5. The van der Waals surface area contributed by atoms with Gasteiger partial charge in [-0.15, -0.1) is 11.3 Å². The van der Waals surface area contributed by atoms with Crippen LogP contribution in [0.2, 0.25) is 0 Å². The van der Waals surface area contributed by atoms with Crippen LogP contribution in [0.1, 0.15) is 19.5 Å². The molecule has 1 atom stereocenters. The Kier molecular flexibility index (Phi) is 5.59. The Labute approximate surface area is 111 Å². The highest BCUT2D eigenvalue weighted by Gasteiger charge is 2.14. The molecule has 0 aliphatic heterocycles. The zero-order valence-electron chi connectivity index (χ0n) is 10.8. The number of hydrogen-bond acceptors (Lipinski definition) is 6. The molecule has 1 heterocycles. The molecule has 0 saturated carbocycles. The highest BCUT2D eigenvalue weighted by Crippen LogP contribution is 2.21. The molecule has 1 aromatic heterocycles. The number of anilines is 1. The fourth-order valence-electron chi connectivity index (χ4n) is 1.46. The van der Waals surface area contributed by atoms with Crippen molar-refractivity contribution < 1.29 is 9.53 Å². The van der Waals surface area contributed by atoms with Crippen molar-refractivity contribution in [2.45, 2.75) is 20.3 Å². The summed E-state index contributed by atoms with van der Waals surface area (Å²) < 4.78 is 4.60. The number of hydrogen-bond donors (Lipinski definition) is 0. The second-order valence-corrected chi connectivity index (χ2v) is 4.78. The maximum Gasteiger partial charge on any atom is 0.311 e. The predicted molar refractivity (Wildman–Crippen MR) is 70.5 cm³/mol. The third kappa shape index (κ3) is 4.00. The van der Waals surface area contributed by atoms with Crippen LogP contribution < -0.4 is 4.90 Å². The Hall–Kier alpha value is -1.61. The Balaban J connectivity index is 2.70. The summed E-state index contributed by atoms with van der Waals surface area (Å²) in [7, 11) is 1.36. The van der Waals surface area contributed by atoms with Gasteiger partial charge in [0.25, 0.3) is 0 Å². The molecule has 0 fully saturated rings. The third-order valence-electron chi connectivity index (χ3n) is 2.46. The monoisotopic (exact) mass is 267 g/mol. The summed E-state index contributed by atoms with van der Waals surface area (Å²) in [5.74, 6) is -0.335. The maximum absolute atomic E-state index is 11.1. The molecule has 0 aliphatic carbocycles. The summed E-state index contributed by atoms with van der Waals surface area (Å²) in [6.07, 6.45) is 0.193. The summed E-state index contributed by atoms with van der Waals surface area (Å²) >= 11 is 1.48. The van der Waals surface area contributed by atoms with Crippen LogP contribution in [0.5, 0.6) is 0 Å². The fraction of sp³-hybridized carbons (Fsp3) is 0.583. The van der Waals surface area contributed by atoms with E-state index in [2.05, 4.69) is 15.8 Å². The van der Waals surface area contributed by atoms with Gasteiger partial charge in [0.05, 0.1) is 31.2 Å². The second kappa shape index (κ2) is 6.97. The number of methoxy groups -OCH3 is 1. The summed E-state index contributed by atoms with van der Waals surface area (Å²) in [6, 6.07) is 2.21. The first-order valence-electron chi connectivity index (χ1n) is 5.76. The van der Waals surface area contributed by atoms with E-state index < -0.39 is 0 Å². The van der Waals surface area contributed by atoms with E-state index in [0.717, 1.165) is 11.7 Å². The van der Waals surface area contributed by atoms with E-state index in [1.165, 1.54) is 18.4 Å². The molecule has 18 heavy (non-hydrogen) atoms. The molecule has 0 bridgehead atoms. The van der Waals surface area contributed by atoms with Crippen molar-refractivity contribution in [1.29, 1.82) is 5.26 Å². The topological polar surface area (TPSA) is 66.2 Å². The van der Waals surface area contributed by atoms with Crippen LogP contribution in [0.3, 0.4) is 0 Å². The molecule has 0 aliphatic rings. The number of nitriles is 1. The minimum atomic E-state index is -0.291. The Morgan fingerprint density at radius 1 is 1.72 bits per heavy atom. The quantitative estimate of drug-likeness (QED) is 0.736. The van der Waals surface area contributed by atoms with Crippen LogP contribution in [-0.2, 0) is 16.0 Å². The van der Waals surface area contributed by atoms with E-state index in [1.54, 1.807) is 0 Å². The highest BCUT2D eigenvalue weighted by molar-refractivity contribution is 7.13. The fourth-order valence-corrected chi connectivity index (χ4v) is 2.36. The Morgan fingerprint density at radius 2 is 2.44 bits per heavy atom. The van der Waals surface area contributed by atoms with Crippen molar-refractivity contribution in [2.24, 2.45) is 5.92 Å². The van der Waals surface area contributed by atoms with Gasteiger partial charge < -0.3 is 9.64 Å². The summed E-state index contributed by atoms with van der Waals surface area (Å²) in [6.45, 7) is 5.34. The number of aromatic nitrogens is 1. The van der Waals surface area contributed by atoms with Crippen LogP contribution in [0.15, 0.2) is 5.38 Å². The van der Waals surface area contributed by atoms with Gasteiger partial charge in [-0.05, 0) is 13.8 Å². The van der Waals surface area contributed by atoms with Crippen molar-refractivity contribution in [2.75, 3.05) is 25.1 Å². The summed E-state index contributed by atoms with van der Waals surface area (Å²) in [5.41, 5.74) is 0.713. The lowest BCUT2D eigenvalue weighted by Gasteiger charge is -2.20. The third-order valence-corrected chi connectivity index (χ3v) is 3.41. The molecule has 0 saturated heterocycles. The molecule has 1 aromatic rings. The number of thiazole rings is 1. The SMILES string of the molecule is CCN(CC(C)C#N)c1nc(CC(=O)OC)cs1.